The number of halogens is 2. The molecule has 1 aliphatic rings. The van der Waals surface area contributed by atoms with Crippen LogP contribution in [0.3, 0.4) is 0 Å². The molecule has 0 N–H and O–H groups in total. The van der Waals surface area contributed by atoms with E-state index in [9.17, 15) is 0 Å². The summed E-state index contributed by atoms with van der Waals surface area (Å²) in [7, 11) is 0. The van der Waals surface area contributed by atoms with Crippen LogP contribution >= 0.6 is 22.6 Å². The lowest BCUT2D eigenvalue weighted by atomic mass is 10.1. The van der Waals surface area contributed by atoms with Gasteiger partial charge in [0.2, 0.25) is 11.6 Å². The molecule has 1 aromatic heterocycles. The Bertz CT molecular complexity index is 598. The standard InChI is InChI=1S/C14H15INO.HI/c1-9-4-3-5-12-10(2)6-13-16(14(9)12)11(7-15)8-17-13;/h3-6,11H,7-8H2,1-2H3;1H/q+1;/p-1. The van der Waals surface area contributed by atoms with Crippen molar-refractivity contribution in [3.05, 3.63) is 35.4 Å². The summed E-state index contributed by atoms with van der Waals surface area (Å²) in [4.78, 5) is 0. The second-order valence-electron chi connectivity index (χ2n) is 4.63. The first kappa shape index (κ1) is 14.3. The summed E-state index contributed by atoms with van der Waals surface area (Å²) in [6.07, 6.45) is 0. The number of alkyl halides is 1. The van der Waals surface area contributed by atoms with E-state index >= 15 is 0 Å². The summed E-state index contributed by atoms with van der Waals surface area (Å²) in [6, 6.07) is 9.14. The number of aromatic nitrogens is 1. The number of hydrogen-bond acceptors (Lipinski definition) is 1. The SMILES string of the molecule is Cc1cc2[n+](c3c(C)cccc13)C(CI)CO2.[I-]. The van der Waals surface area contributed by atoms with Crippen molar-refractivity contribution in [3.63, 3.8) is 0 Å². The molecule has 1 unspecified atom stereocenters. The maximum atomic E-state index is 5.80. The largest absolute Gasteiger partial charge is 1.00 e. The van der Waals surface area contributed by atoms with Gasteiger partial charge in [0.15, 0.2) is 6.61 Å². The second kappa shape index (κ2) is 5.48. The number of nitrogens with zero attached hydrogens (tertiary/aromatic N) is 1. The maximum absolute atomic E-state index is 5.80. The highest BCUT2D eigenvalue weighted by Crippen LogP contribution is 2.28. The van der Waals surface area contributed by atoms with E-state index in [-0.39, 0.29) is 24.0 Å². The average Bonchev–Trinajstić information content (AvgIpc) is 2.72. The van der Waals surface area contributed by atoms with Crippen LogP contribution in [0, 0.1) is 13.8 Å². The van der Waals surface area contributed by atoms with Gasteiger partial charge in [-0.1, -0.05) is 34.7 Å². The van der Waals surface area contributed by atoms with Crippen molar-refractivity contribution in [2.24, 2.45) is 0 Å². The third-order valence-corrected chi connectivity index (χ3v) is 4.46. The summed E-state index contributed by atoms with van der Waals surface area (Å²) in [5.74, 6) is 1.02. The first-order valence-electron chi connectivity index (χ1n) is 5.85. The van der Waals surface area contributed by atoms with Crippen LogP contribution in [0.5, 0.6) is 5.88 Å². The Labute approximate surface area is 138 Å². The Morgan fingerprint density at radius 3 is 2.83 bits per heavy atom. The molecule has 2 nitrogen and oxygen atoms in total. The Morgan fingerprint density at radius 1 is 1.33 bits per heavy atom. The molecule has 4 heteroatoms. The van der Waals surface area contributed by atoms with Crippen molar-refractivity contribution in [1.29, 1.82) is 0 Å². The second-order valence-corrected chi connectivity index (χ2v) is 5.51. The molecular weight excluding hydrogens is 452 g/mol. The van der Waals surface area contributed by atoms with Crippen molar-refractivity contribution < 1.29 is 33.3 Å². The Morgan fingerprint density at radius 2 is 2.11 bits per heavy atom. The fourth-order valence-electron chi connectivity index (χ4n) is 2.58. The Hall–Kier alpha value is -0.110. The van der Waals surface area contributed by atoms with Crippen molar-refractivity contribution in [2.45, 2.75) is 19.9 Å². The lowest BCUT2D eigenvalue weighted by Crippen LogP contribution is -3.00. The normalized spacial score (nSPS) is 17.2. The summed E-state index contributed by atoms with van der Waals surface area (Å²) in [6.45, 7) is 5.14. The van der Waals surface area contributed by atoms with Gasteiger partial charge in [-0.25, -0.2) is 0 Å². The van der Waals surface area contributed by atoms with Gasteiger partial charge in [-0.05, 0) is 25.5 Å². The van der Waals surface area contributed by atoms with Gasteiger partial charge in [-0.2, -0.15) is 4.57 Å². The van der Waals surface area contributed by atoms with Crippen molar-refractivity contribution in [1.82, 2.24) is 0 Å². The highest BCUT2D eigenvalue weighted by Gasteiger charge is 2.34. The highest BCUT2D eigenvalue weighted by molar-refractivity contribution is 14.1. The molecule has 1 aromatic carbocycles. The molecule has 2 aromatic rings. The van der Waals surface area contributed by atoms with Crippen LogP contribution < -0.4 is 33.3 Å². The molecule has 96 valence electrons. The van der Waals surface area contributed by atoms with Crippen LogP contribution in [0.15, 0.2) is 24.3 Å². The Kier molecular flexibility index (Phi) is 4.36. The van der Waals surface area contributed by atoms with Gasteiger partial charge in [0.1, 0.15) is 0 Å². The van der Waals surface area contributed by atoms with Gasteiger partial charge >= 0.3 is 5.88 Å². The molecule has 0 radical (unpaired) electrons. The highest BCUT2D eigenvalue weighted by atomic mass is 127. The predicted octanol–water partition coefficient (Wildman–Crippen LogP) is 0.117. The van der Waals surface area contributed by atoms with Gasteiger partial charge in [0.05, 0.1) is 10.5 Å². The van der Waals surface area contributed by atoms with Crippen LogP contribution in [-0.2, 0) is 0 Å². The minimum absolute atomic E-state index is 0. The molecule has 0 amide bonds. The summed E-state index contributed by atoms with van der Waals surface area (Å²) in [5.41, 5.74) is 3.96. The smallest absolute Gasteiger partial charge is 0.369 e. The number of ether oxygens (including phenoxy) is 1. The molecule has 2 heterocycles. The molecule has 0 saturated carbocycles. The van der Waals surface area contributed by atoms with Gasteiger partial charge < -0.3 is 28.7 Å². The minimum Gasteiger partial charge on any atom is -1.00 e. The lowest BCUT2D eigenvalue weighted by molar-refractivity contribution is -0.674. The van der Waals surface area contributed by atoms with E-state index in [0.29, 0.717) is 6.04 Å². The predicted molar refractivity (Wildman–Crippen MR) is 77.0 cm³/mol. The molecule has 0 aliphatic carbocycles. The van der Waals surface area contributed by atoms with E-state index in [1.807, 2.05) is 0 Å². The first-order valence-corrected chi connectivity index (χ1v) is 7.38. The fraction of sp³-hybridized carbons (Fsp3) is 0.357. The third kappa shape index (κ3) is 2.11. The van der Waals surface area contributed by atoms with Crippen molar-refractivity contribution in [2.75, 3.05) is 11.0 Å². The number of hydrogen-bond donors (Lipinski definition) is 0. The van der Waals surface area contributed by atoms with Crippen LogP contribution in [0.4, 0.5) is 0 Å². The van der Waals surface area contributed by atoms with Crippen LogP contribution in [0.1, 0.15) is 17.2 Å². The average molecular weight is 467 g/mol. The quantitative estimate of drug-likeness (QED) is 0.330. The number of pyridine rings is 1. The molecule has 0 bridgehead atoms. The maximum Gasteiger partial charge on any atom is 0.369 e. The molecule has 0 saturated heterocycles. The van der Waals surface area contributed by atoms with Crippen LogP contribution in [0.25, 0.3) is 10.9 Å². The molecule has 1 aliphatic heterocycles. The minimum atomic E-state index is 0. The van der Waals surface area contributed by atoms with Crippen LogP contribution in [-0.4, -0.2) is 11.0 Å². The molecule has 0 spiro atoms. The van der Waals surface area contributed by atoms with E-state index in [1.54, 1.807) is 0 Å². The molecule has 1 atom stereocenters. The van der Waals surface area contributed by atoms with E-state index in [1.165, 1.54) is 22.0 Å². The number of aryl methyl sites for hydroxylation is 2. The zero-order valence-corrected chi connectivity index (χ0v) is 14.7. The van der Waals surface area contributed by atoms with Gasteiger partial charge in [-0.15, -0.1) is 0 Å². The number of para-hydroxylation sites is 1. The number of benzene rings is 1. The molecular formula is C14H15I2NO. The molecule has 18 heavy (non-hydrogen) atoms. The fourth-order valence-corrected chi connectivity index (χ4v) is 3.23. The Balaban J connectivity index is 0.00000120. The van der Waals surface area contributed by atoms with E-state index in [2.05, 4.69) is 65.3 Å². The number of rotatable bonds is 1. The number of fused-ring (bicyclic) bond motifs is 3. The summed E-state index contributed by atoms with van der Waals surface area (Å²) in [5, 5.41) is 1.34. The van der Waals surface area contributed by atoms with E-state index in [0.717, 1.165) is 16.9 Å². The van der Waals surface area contributed by atoms with Gasteiger partial charge in [0, 0.05) is 10.9 Å². The molecule has 3 rings (SSSR count). The molecule has 0 fully saturated rings. The lowest BCUT2D eigenvalue weighted by Gasteiger charge is -2.07. The van der Waals surface area contributed by atoms with E-state index < -0.39 is 0 Å². The zero-order valence-electron chi connectivity index (χ0n) is 10.4. The topological polar surface area (TPSA) is 13.1 Å². The van der Waals surface area contributed by atoms with Crippen LogP contribution in [0.2, 0.25) is 0 Å². The summed E-state index contributed by atoms with van der Waals surface area (Å²) >= 11 is 2.44. The monoisotopic (exact) mass is 467 g/mol. The van der Waals surface area contributed by atoms with Crippen molar-refractivity contribution in [3.8, 4) is 5.88 Å². The zero-order chi connectivity index (χ0) is 12.0. The first-order chi connectivity index (χ1) is 8.22. The van der Waals surface area contributed by atoms with E-state index in [4.69, 9.17) is 4.74 Å². The summed E-state index contributed by atoms with van der Waals surface area (Å²) < 4.78 is 9.25. The van der Waals surface area contributed by atoms with Gasteiger partial charge in [0.25, 0.3) is 0 Å². The third-order valence-electron chi connectivity index (χ3n) is 3.45. The van der Waals surface area contributed by atoms with Gasteiger partial charge in [-0.3, -0.25) is 0 Å². The van der Waals surface area contributed by atoms with Crippen molar-refractivity contribution >= 4 is 33.5 Å².